The Hall–Kier alpha value is -1.38. The van der Waals surface area contributed by atoms with Gasteiger partial charge in [0.15, 0.2) is 5.96 Å². The number of amides is 1. The first kappa shape index (κ1) is 18.0. The molecule has 3 aliphatic heterocycles. The van der Waals surface area contributed by atoms with E-state index in [2.05, 4.69) is 25.4 Å². The number of fused-ring (bicyclic) bond motifs is 3. The quantitative estimate of drug-likeness (QED) is 0.329. The van der Waals surface area contributed by atoms with Crippen molar-refractivity contribution in [3.8, 4) is 0 Å². The standard InChI is InChI=1S/C15H30N6O2/c1-19(2)14(22)11-18-15(16-4-9-23-3)17-10-13-12-20-5-7-21(13)8-6-20/h13H,4-12H2,1-3H3,(H2,16,17,18). The third-order valence-electron chi connectivity index (χ3n) is 4.37. The van der Waals surface area contributed by atoms with E-state index in [-0.39, 0.29) is 12.5 Å². The summed E-state index contributed by atoms with van der Waals surface area (Å²) >= 11 is 0. The molecule has 3 fully saturated rings. The van der Waals surface area contributed by atoms with Crippen molar-refractivity contribution in [2.45, 2.75) is 6.04 Å². The summed E-state index contributed by atoms with van der Waals surface area (Å²) in [6, 6.07) is 0.511. The van der Waals surface area contributed by atoms with Crippen molar-refractivity contribution in [1.82, 2.24) is 25.3 Å². The topological polar surface area (TPSA) is 72.4 Å². The number of carbonyl (C=O) groups is 1. The Kier molecular flexibility index (Phi) is 7.07. The average molecular weight is 326 g/mol. The monoisotopic (exact) mass is 326 g/mol. The van der Waals surface area contributed by atoms with Gasteiger partial charge in [-0.15, -0.1) is 0 Å². The van der Waals surface area contributed by atoms with Crippen molar-refractivity contribution in [2.24, 2.45) is 4.99 Å². The van der Waals surface area contributed by atoms with Gasteiger partial charge in [-0.3, -0.25) is 14.6 Å². The Morgan fingerprint density at radius 3 is 2.57 bits per heavy atom. The van der Waals surface area contributed by atoms with Crippen molar-refractivity contribution in [1.29, 1.82) is 0 Å². The second-order valence-electron chi connectivity index (χ2n) is 6.24. The summed E-state index contributed by atoms with van der Waals surface area (Å²) in [6.45, 7) is 8.02. The van der Waals surface area contributed by atoms with E-state index in [1.807, 2.05) is 0 Å². The summed E-state index contributed by atoms with van der Waals surface area (Å²) in [7, 11) is 5.15. The van der Waals surface area contributed by atoms with E-state index in [0.29, 0.717) is 25.2 Å². The Bertz CT molecular complexity index is 407. The molecule has 0 aliphatic carbocycles. The van der Waals surface area contributed by atoms with Gasteiger partial charge in [-0.1, -0.05) is 0 Å². The van der Waals surface area contributed by atoms with Crippen LogP contribution < -0.4 is 10.6 Å². The molecule has 3 rings (SSSR count). The van der Waals surface area contributed by atoms with E-state index in [1.54, 1.807) is 26.1 Å². The number of nitrogens with zero attached hydrogens (tertiary/aromatic N) is 4. The van der Waals surface area contributed by atoms with Gasteiger partial charge in [0.05, 0.1) is 6.61 Å². The molecule has 0 radical (unpaired) electrons. The van der Waals surface area contributed by atoms with Crippen LogP contribution in [0.15, 0.2) is 4.99 Å². The molecular weight excluding hydrogens is 296 g/mol. The highest BCUT2D eigenvalue weighted by atomic mass is 16.5. The zero-order valence-corrected chi connectivity index (χ0v) is 14.5. The molecule has 1 unspecified atom stereocenters. The van der Waals surface area contributed by atoms with Crippen LogP contribution in [0, 0.1) is 0 Å². The highest BCUT2D eigenvalue weighted by Gasteiger charge is 2.31. The SMILES string of the molecule is COCCNC(=NCC(=O)N(C)C)NCC1CN2CCN1CC2. The van der Waals surface area contributed by atoms with Gasteiger partial charge in [-0.2, -0.15) is 0 Å². The van der Waals surface area contributed by atoms with Crippen molar-refractivity contribution in [2.75, 3.05) is 80.2 Å². The smallest absolute Gasteiger partial charge is 0.243 e. The first-order valence-corrected chi connectivity index (χ1v) is 8.28. The first-order chi connectivity index (χ1) is 11.1. The molecule has 0 aromatic carbocycles. The number of methoxy groups -OCH3 is 1. The van der Waals surface area contributed by atoms with Crippen LogP contribution in [0.1, 0.15) is 0 Å². The van der Waals surface area contributed by atoms with Crippen LogP contribution in [-0.2, 0) is 9.53 Å². The molecular formula is C15H30N6O2. The summed E-state index contributed by atoms with van der Waals surface area (Å²) in [5.41, 5.74) is 0. The molecule has 0 aromatic rings. The molecule has 1 amide bonds. The predicted molar refractivity (Wildman–Crippen MR) is 90.7 cm³/mol. The average Bonchev–Trinajstić information content (AvgIpc) is 2.57. The first-order valence-electron chi connectivity index (χ1n) is 8.28. The van der Waals surface area contributed by atoms with E-state index in [9.17, 15) is 4.79 Å². The lowest BCUT2D eigenvalue weighted by atomic mass is 10.1. The van der Waals surface area contributed by atoms with Gasteiger partial charge in [0, 0.05) is 73.1 Å². The largest absolute Gasteiger partial charge is 0.383 e. The molecule has 8 heteroatoms. The highest BCUT2D eigenvalue weighted by molar-refractivity contribution is 5.84. The van der Waals surface area contributed by atoms with E-state index < -0.39 is 0 Å². The third kappa shape index (κ3) is 5.63. The number of ether oxygens (including phenoxy) is 1. The van der Waals surface area contributed by atoms with Gasteiger partial charge in [0.2, 0.25) is 5.91 Å². The molecule has 132 valence electrons. The third-order valence-corrected chi connectivity index (χ3v) is 4.37. The molecule has 3 heterocycles. The lowest BCUT2D eigenvalue weighted by Crippen LogP contribution is -2.63. The Morgan fingerprint density at radius 1 is 1.26 bits per heavy atom. The molecule has 3 saturated heterocycles. The molecule has 3 aliphatic rings. The molecule has 0 saturated carbocycles. The van der Waals surface area contributed by atoms with Crippen LogP contribution in [0.2, 0.25) is 0 Å². The lowest BCUT2D eigenvalue weighted by Gasteiger charge is -2.47. The second kappa shape index (κ2) is 9.05. The van der Waals surface area contributed by atoms with E-state index in [0.717, 1.165) is 26.2 Å². The Balaban J connectivity index is 1.83. The van der Waals surface area contributed by atoms with E-state index in [1.165, 1.54) is 13.1 Å². The van der Waals surface area contributed by atoms with Gasteiger partial charge in [0.1, 0.15) is 6.54 Å². The fraction of sp³-hybridized carbons (Fsp3) is 0.867. The number of nitrogens with one attached hydrogen (secondary N) is 2. The normalized spacial score (nSPS) is 26.9. The van der Waals surface area contributed by atoms with Gasteiger partial charge >= 0.3 is 0 Å². The van der Waals surface area contributed by atoms with E-state index in [4.69, 9.17) is 4.74 Å². The minimum atomic E-state index is -0.00979. The van der Waals surface area contributed by atoms with Crippen molar-refractivity contribution in [3.05, 3.63) is 0 Å². The molecule has 1 atom stereocenters. The van der Waals surface area contributed by atoms with E-state index >= 15 is 0 Å². The van der Waals surface area contributed by atoms with Crippen molar-refractivity contribution >= 4 is 11.9 Å². The molecule has 0 aromatic heterocycles. The molecule has 8 nitrogen and oxygen atoms in total. The lowest BCUT2D eigenvalue weighted by molar-refractivity contribution is -0.127. The fourth-order valence-corrected chi connectivity index (χ4v) is 2.87. The Morgan fingerprint density at radius 2 is 2.00 bits per heavy atom. The van der Waals surface area contributed by atoms with Crippen LogP contribution in [0.5, 0.6) is 0 Å². The minimum Gasteiger partial charge on any atom is -0.383 e. The summed E-state index contributed by atoms with van der Waals surface area (Å²) in [5, 5.41) is 6.58. The number of aliphatic imine (C=N–C) groups is 1. The number of guanidine groups is 1. The maximum absolute atomic E-state index is 11.7. The maximum Gasteiger partial charge on any atom is 0.243 e. The molecule has 23 heavy (non-hydrogen) atoms. The number of carbonyl (C=O) groups excluding carboxylic acids is 1. The van der Waals surface area contributed by atoms with Gasteiger partial charge in [-0.25, -0.2) is 4.99 Å². The molecule has 2 N–H and O–H groups in total. The van der Waals surface area contributed by atoms with Gasteiger partial charge in [0.25, 0.3) is 0 Å². The maximum atomic E-state index is 11.7. The number of likely N-dealkylation sites (N-methyl/N-ethyl adjacent to an activating group) is 1. The van der Waals surface area contributed by atoms with Crippen LogP contribution in [0.3, 0.4) is 0 Å². The number of rotatable bonds is 7. The van der Waals surface area contributed by atoms with Crippen LogP contribution in [0.4, 0.5) is 0 Å². The summed E-state index contributed by atoms with van der Waals surface area (Å²) in [5.74, 6) is 0.666. The fourth-order valence-electron chi connectivity index (χ4n) is 2.87. The Labute approximate surface area is 138 Å². The zero-order chi connectivity index (χ0) is 16.7. The van der Waals surface area contributed by atoms with Crippen LogP contribution >= 0.6 is 0 Å². The highest BCUT2D eigenvalue weighted by Crippen LogP contribution is 2.14. The zero-order valence-electron chi connectivity index (χ0n) is 14.5. The molecule has 0 spiro atoms. The minimum absolute atomic E-state index is 0.00979. The predicted octanol–water partition coefficient (Wildman–Crippen LogP) is -1.74. The summed E-state index contributed by atoms with van der Waals surface area (Å²) in [6.07, 6.45) is 0. The molecule has 2 bridgehead atoms. The van der Waals surface area contributed by atoms with Crippen molar-refractivity contribution in [3.63, 3.8) is 0 Å². The van der Waals surface area contributed by atoms with Crippen LogP contribution in [-0.4, -0.2) is 113 Å². The summed E-state index contributed by atoms with van der Waals surface area (Å²) < 4.78 is 5.06. The van der Waals surface area contributed by atoms with Gasteiger partial charge in [-0.05, 0) is 0 Å². The number of hydrogen-bond acceptors (Lipinski definition) is 5. The van der Waals surface area contributed by atoms with Crippen LogP contribution in [0.25, 0.3) is 0 Å². The number of piperazine rings is 3. The second-order valence-corrected chi connectivity index (χ2v) is 6.24. The van der Waals surface area contributed by atoms with Gasteiger partial charge < -0.3 is 20.3 Å². The summed E-state index contributed by atoms with van der Waals surface area (Å²) in [4.78, 5) is 22.7. The van der Waals surface area contributed by atoms with Crippen molar-refractivity contribution < 1.29 is 9.53 Å². The number of hydrogen-bond donors (Lipinski definition) is 2.